The Hall–Kier alpha value is -0.660. The Morgan fingerprint density at radius 1 is 1.47 bits per heavy atom. The molecule has 0 aliphatic carbocycles. The molecule has 0 rings (SSSR count). The Morgan fingerprint density at radius 2 is 2.27 bits per heavy atom. The van der Waals surface area contributed by atoms with Crippen LogP contribution in [0, 0.1) is 12.3 Å². The van der Waals surface area contributed by atoms with E-state index in [-0.39, 0.29) is 5.91 Å². The van der Waals surface area contributed by atoms with Crippen molar-refractivity contribution in [1.29, 1.82) is 0 Å². The van der Waals surface area contributed by atoms with Crippen molar-refractivity contribution in [2.45, 2.75) is 19.8 Å². The number of hydrogen-bond acceptors (Lipinski definition) is 3. The van der Waals surface area contributed by atoms with E-state index in [2.05, 4.69) is 23.5 Å². The first kappa shape index (κ1) is 14.3. The van der Waals surface area contributed by atoms with Gasteiger partial charge in [0.25, 0.3) is 0 Å². The summed E-state index contributed by atoms with van der Waals surface area (Å²) < 4.78 is 0. The summed E-state index contributed by atoms with van der Waals surface area (Å²) in [4.78, 5) is 11.2. The Labute approximate surface area is 96.8 Å². The van der Waals surface area contributed by atoms with Gasteiger partial charge in [-0.2, -0.15) is 0 Å². The van der Waals surface area contributed by atoms with Crippen LogP contribution >= 0.6 is 11.8 Å². The van der Waals surface area contributed by atoms with Crippen LogP contribution in [0.3, 0.4) is 0 Å². The largest absolute Gasteiger partial charge is 0.355 e. The van der Waals surface area contributed by atoms with Crippen molar-refractivity contribution in [3.63, 3.8) is 0 Å². The molecule has 0 saturated carbocycles. The van der Waals surface area contributed by atoms with E-state index < -0.39 is 0 Å². The van der Waals surface area contributed by atoms with Crippen molar-refractivity contribution in [3.05, 3.63) is 0 Å². The van der Waals surface area contributed by atoms with Crippen LogP contribution < -0.4 is 10.6 Å². The van der Waals surface area contributed by atoms with E-state index in [0.29, 0.717) is 6.54 Å². The van der Waals surface area contributed by atoms with Crippen molar-refractivity contribution in [2.24, 2.45) is 0 Å². The first-order valence-electron chi connectivity index (χ1n) is 5.30. The van der Waals surface area contributed by atoms with E-state index in [1.807, 2.05) is 0 Å². The maximum absolute atomic E-state index is 11.2. The van der Waals surface area contributed by atoms with Crippen LogP contribution in [0.5, 0.6) is 0 Å². The van der Waals surface area contributed by atoms with Crippen molar-refractivity contribution >= 4 is 17.7 Å². The maximum Gasteiger partial charge on any atom is 0.233 e. The predicted octanol–water partition coefficient (Wildman–Crippen LogP) is 0.859. The molecule has 4 heteroatoms. The molecular formula is C11H20N2OS. The normalized spacial score (nSPS) is 9.60. The fraction of sp³-hybridized carbons (Fsp3) is 0.727. The summed E-state index contributed by atoms with van der Waals surface area (Å²) in [5.74, 6) is 4.32. The van der Waals surface area contributed by atoms with Crippen LogP contribution in [0.1, 0.15) is 19.8 Å². The van der Waals surface area contributed by atoms with Crippen molar-refractivity contribution in [2.75, 3.05) is 31.1 Å². The number of carbonyl (C=O) groups excluding carboxylic acids is 1. The monoisotopic (exact) mass is 228 g/mol. The van der Waals surface area contributed by atoms with Gasteiger partial charge in [0.1, 0.15) is 0 Å². The fourth-order valence-corrected chi connectivity index (χ4v) is 1.50. The van der Waals surface area contributed by atoms with Crippen LogP contribution in [0.25, 0.3) is 0 Å². The van der Waals surface area contributed by atoms with Crippen LogP contribution in [0.2, 0.25) is 0 Å². The number of nitrogens with one attached hydrogen (secondary N) is 2. The third kappa shape index (κ3) is 11.3. The van der Waals surface area contributed by atoms with E-state index in [1.165, 1.54) is 0 Å². The number of rotatable bonds is 9. The van der Waals surface area contributed by atoms with Crippen molar-refractivity contribution < 1.29 is 4.79 Å². The SMILES string of the molecule is C#CCSCCNCC(=O)NCCCC. The van der Waals surface area contributed by atoms with Gasteiger partial charge < -0.3 is 10.6 Å². The quantitative estimate of drug-likeness (QED) is 0.454. The molecule has 0 radical (unpaired) electrons. The minimum absolute atomic E-state index is 0.0744. The second-order valence-corrected chi connectivity index (χ2v) is 4.24. The second kappa shape index (κ2) is 11.4. The minimum atomic E-state index is 0.0744. The van der Waals surface area contributed by atoms with Gasteiger partial charge in [0.05, 0.1) is 12.3 Å². The summed E-state index contributed by atoms with van der Waals surface area (Å²) in [6.45, 7) is 4.11. The Morgan fingerprint density at radius 3 is 2.93 bits per heavy atom. The molecule has 0 unspecified atom stereocenters. The molecule has 0 aliphatic heterocycles. The smallest absolute Gasteiger partial charge is 0.233 e. The highest BCUT2D eigenvalue weighted by atomic mass is 32.2. The highest BCUT2D eigenvalue weighted by Crippen LogP contribution is 1.94. The molecule has 86 valence electrons. The molecule has 0 heterocycles. The summed E-state index contributed by atoms with van der Waals surface area (Å²) in [6, 6.07) is 0. The average Bonchev–Trinajstić information content (AvgIpc) is 2.23. The summed E-state index contributed by atoms with van der Waals surface area (Å²) in [5.41, 5.74) is 0. The molecule has 0 aromatic heterocycles. The Balaban J connectivity index is 3.14. The molecule has 0 spiro atoms. The van der Waals surface area contributed by atoms with Gasteiger partial charge in [-0.15, -0.1) is 18.2 Å². The molecule has 0 bridgehead atoms. The van der Waals surface area contributed by atoms with Crippen LogP contribution in [-0.4, -0.2) is 37.0 Å². The average molecular weight is 228 g/mol. The van der Waals surface area contributed by atoms with Crippen LogP contribution in [0.15, 0.2) is 0 Å². The first-order chi connectivity index (χ1) is 7.31. The van der Waals surface area contributed by atoms with Gasteiger partial charge in [-0.3, -0.25) is 4.79 Å². The zero-order valence-electron chi connectivity index (χ0n) is 9.34. The zero-order chi connectivity index (χ0) is 11.4. The zero-order valence-corrected chi connectivity index (χ0v) is 10.2. The lowest BCUT2D eigenvalue weighted by molar-refractivity contribution is -0.120. The summed E-state index contributed by atoms with van der Waals surface area (Å²) in [6.07, 6.45) is 7.26. The highest BCUT2D eigenvalue weighted by Gasteiger charge is 1.98. The summed E-state index contributed by atoms with van der Waals surface area (Å²) in [7, 11) is 0. The van der Waals surface area contributed by atoms with Gasteiger partial charge >= 0.3 is 0 Å². The molecule has 1 amide bonds. The molecule has 0 aliphatic rings. The molecule has 3 nitrogen and oxygen atoms in total. The number of amides is 1. The first-order valence-corrected chi connectivity index (χ1v) is 6.45. The lowest BCUT2D eigenvalue weighted by Crippen LogP contribution is -2.35. The van der Waals surface area contributed by atoms with E-state index in [1.54, 1.807) is 11.8 Å². The van der Waals surface area contributed by atoms with E-state index in [0.717, 1.165) is 37.4 Å². The third-order valence-corrected chi connectivity index (χ3v) is 2.61. The van der Waals surface area contributed by atoms with E-state index in [9.17, 15) is 4.79 Å². The standard InChI is InChI=1S/C11H20N2OS/c1-3-5-6-13-11(14)10-12-7-9-15-8-4-2/h2,12H,3,5-10H2,1H3,(H,13,14). The number of carbonyl (C=O) groups is 1. The van der Waals surface area contributed by atoms with E-state index in [4.69, 9.17) is 6.42 Å². The molecule has 0 aromatic carbocycles. The molecule has 0 fully saturated rings. The molecular weight excluding hydrogens is 208 g/mol. The third-order valence-electron chi connectivity index (χ3n) is 1.75. The van der Waals surface area contributed by atoms with Crippen LogP contribution in [0.4, 0.5) is 0 Å². The second-order valence-electron chi connectivity index (χ2n) is 3.14. The van der Waals surface area contributed by atoms with Crippen LogP contribution in [-0.2, 0) is 4.79 Å². The number of hydrogen-bond donors (Lipinski definition) is 2. The number of thioether (sulfide) groups is 1. The van der Waals surface area contributed by atoms with Gasteiger partial charge in [0.15, 0.2) is 0 Å². The summed E-state index contributed by atoms with van der Waals surface area (Å²) in [5, 5.41) is 5.91. The maximum atomic E-state index is 11.2. The number of terminal acetylenes is 1. The van der Waals surface area contributed by atoms with Gasteiger partial charge in [0.2, 0.25) is 5.91 Å². The van der Waals surface area contributed by atoms with Gasteiger partial charge in [-0.1, -0.05) is 19.3 Å². The lowest BCUT2D eigenvalue weighted by atomic mass is 10.3. The van der Waals surface area contributed by atoms with Gasteiger partial charge in [0, 0.05) is 18.8 Å². The highest BCUT2D eigenvalue weighted by molar-refractivity contribution is 7.99. The van der Waals surface area contributed by atoms with E-state index >= 15 is 0 Å². The molecule has 15 heavy (non-hydrogen) atoms. The van der Waals surface area contributed by atoms with Crippen molar-refractivity contribution in [1.82, 2.24) is 10.6 Å². The van der Waals surface area contributed by atoms with Gasteiger partial charge in [-0.05, 0) is 6.42 Å². The minimum Gasteiger partial charge on any atom is -0.355 e. The molecule has 2 N–H and O–H groups in total. The molecule has 0 aromatic rings. The summed E-state index contributed by atoms with van der Waals surface area (Å²) >= 11 is 1.70. The fourth-order valence-electron chi connectivity index (χ4n) is 0.944. The lowest BCUT2D eigenvalue weighted by Gasteiger charge is -2.05. The van der Waals surface area contributed by atoms with Crippen molar-refractivity contribution in [3.8, 4) is 12.3 Å². The molecule has 0 atom stereocenters. The topological polar surface area (TPSA) is 41.1 Å². The number of unbranched alkanes of at least 4 members (excludes halogenated alkanes) is 1. The molecule has 0 saturated heterocycles. The van der Waals surface area contributed by atoms with Gasteiger partial charge in [-0.25, -0.2) is 0 Å². The predicted molar refractivity (Wildman–Crippen MR) is 66.9 cm³/mol. The Bertz CT molecular complexity index is 201. The Kier molecular flexibility index (Phi) is 10.9.